The van der Waals surface area contributed by atoms with Gasteiger partial charge < -0.3 is 19.5 Å². The Bertz CT molecular complexity index is 1410. The van der Waals surface area contributed by atoms with Gasteiger partial charge in [0.25, 0.3) is 0 Å². The molecule has 0 aliphatic carbocycles. The number of nitriles is 1. The van der Waals surface area contributed by atoms with Crippen LogP contribution in [-0.2, 0) is 0 Å². The summed E-state index contributed by atoms with van der Waals surface area (Å²) in [5, 5.41) is 21.0. The van der Waals surface area contributed by atoms with Gasteiger partial charge in [-0.25, -0.2) is 9.97 Å². The van der Waals surface area contributed by atoms with E-state index in [4.69, 9.17) is 21.8 Å². The highest BCUT2D eigenvalue weighted by molar-refractivity contribution is 6.32. The lowest BCUT2D eigenvalue weighted by molar-refractivity contribution is 0.335. The number of hydrogen-bond acceptors (Lipinski definition) is 9. The molecule has 11 heteroatoms. The molecule has 36 heavy (non-hydrogen) atoms. The molecule has 4 aromatic rings. The van der Waals surface area contributed by atoms with Crippen LogP contribution in [0.1, 0.15) is 31.2 Å². The molecule has 1 N–H and O–H groups in total. The lowest BCUT2D eigenvalue weighted by Gasteiger charge is -2.43. The molecule has 0 spiro atoms. The van der Waals surface area contributed by atoms with E-state index in [-0.39, 0.29) is 6.04 Å². The van der Waals surface area contributed by atoms with E-state index in [2.05, 4.69) is 42.2 Å². The van der Waals surface area contributed by atoms with Gasteiger partial charge in [-0.1, -0.05) is 18.5 Å². The number of pyridine rings is 1. The summed E-state index contributed by atoms with van der Waals surface area (Å²) in [5.41, 5.74) is 2.99. The van der Waals surface area contributed by atoms with E-state index in [0.717, 1.165) is 48.8 Å². The number of nitrogens with one attached hydrogen (secondary N) is 1. The highest BCUT2D eigenvalue weighted by Gasteiger charge is 2.33. The predicted octanol–water partition coefficient (Wildman–Crippen LogP) is 4.23. The lowest BCUT2D eigenvalue weighted by Crippen LogP contribution is -2.50. The zero-order valence-electron chi connectivity index (χ0n) is 20.4. The van der Waals surface area contributed by atoms with Crippen LogP contribution < -0.4 is 15.1 Å². The summed E-state index contributed by atoms with van der Waals surface area (Å²) in [6, 6.07) is 9.77. The molecule has 1 saturated heterocycles. The van der Waals surface area contributed by atoms with Gasteiger partial charge >= 0.3 is 0 Å². The van der Waals surface area contributed by atoms with E-state index in [1.165, 1.54) is 0 Å². The highest BCUT2D eigenvalue weighted by Crippen LogP contribution is 2.32. The maximum absolute atomic E-state index is 8.99. The number of aryl methyl sites for hydroxylation is 1. The van der Waals surface area contributed by atoms with E-state index in [0.29, 0.717) is 28.4 Å². The zero-order valence-corrected chi connectivity index (χ0v) is 21.2. The number of imidazole rings is 1. The first-order chi connectivity index (χ1) is 17.4. The number of fused-ring (bicyclic) bond motifs is 1. The second kappa shape index (κ2) is 9.95. The Kier molecular flexibility index (Phi) is 6.57. The largest absolute Gasteiger partial charge is 0.355 e. The second-order valence-corrected chi connectivity index (χ2v) is 9.43. The third-order valence-corrected chi connectivity index (χ3v) is 6.97. The molecule has 0 radical (unpaired) electrons. The molecular weight excluding hydrogens is 476 g/mol. The molecule has 0 bridgehead atoms. The highest BCUT2D eigenvalue weighted by atomic mass is 35.5. The summed E-state index contributed by atoms with van der Waals surface area (Å²) in [7, 11) is 2.04. The van der Waals surface area contributed by atoms with Crippen molar-refractivity contribution in [3.05, 3.63) is 59.3 Å². The first kappa shape index (κ1) is 23.8. The molecule has 0 saturated carbocycles. The average Bonchev–Trinajstić information content (AvgIpc) is 3.28. The van der Waals surface area contributed by atoms with Crippen molar-refractivity contribution in [1.82, 2.24) is 29.5 Å². The number of rotatable bonds is 6. The molecule has 4 aromatic heterocycles. The summed E-state index contributed by atoms with van der Waals surface area (Å²) in [5.74, 6) is 2.34. The Balaban J connectivity index is 1.33. The Hall–Kier alpha value is -3.97. The second-order valence-electron chi connectivity index (χ2n) is 9.02. The summed E-state index contributed by atoms with van der Waals surface area (Å²) < 4.78 is 1.98. The summed E-state index contributed by atoms with van der Waals surface area (Å²) >= 11 is 6.58. The van der Waals surface area contributed by atoms with Crippen molar-refractivity contribution in [1.29, 1.82) is 5.26 Å². The van der Waals surface area contributed by atoms with Crippen molar-refractivity contribution in [2.45, 2.75) is 32.7 Å². The monoisotopic (exact) mass is 502 g/mol. The maximum Gasteiger partial charge on any atom is 0.229 e. The Morgan fingerprint density at radius 3 is 2.86 bits per heavy atom. The van der Waals surface area contributed by atoms with Crippen LogP contribution in [0.2, 0.25) is 5.02 Å². The van der Waals surface area contributed by atoms with Crippen LogP contribution in [0.25, 0.3) is 5.65 Å². The molecule has 2 atom stereocenters. The zero-order chi connectivity index (χ0) is 25.2. The van der Waals surface area contributed by atoms with E-state index in [9.17, 15) is 0 Å². The van der Waals surface area contributed by atoms with Crippen LogP contribution in [0.15, 0.2) is 42.9 Å². The summed E-state index contributed by atoms with van der Waals surface area (Å²) in [6.45, 7) is 5.82. The van der Waals surface area contributed by atoms with Gasteiger partial charge in [-0.2, -0.15) is 10.2 Å². The third-order valence-electron chi connectivity index (χ3n) is 6.70. The normalized spacial score (nSPS) is 17.7. The smallest absolute Gasteiger partial charge is 0.229 e. The van der Waals surface area contributed by atoms with Gasteiger partial charge in [-0.05, 0) is 43.9 Å². The van der Waals surface area contributed by atoms with Crippen molar-refractivity contribution in [3.8, 4) is 6.07 Å². The molecule has 184 valence electrons. The molecule has 10 nitrogen and oxygen atoms in total. The van der Waals surface area contributed by atoms with Crippen LogP contribution in [0, 0.1) is 24.2 Å². The van der Waals surface area contributed by atoms with E-state index < -0.39 is 0 Å². The maximum atomic E-state index is 8.99. The van der Waals surface area contributed by atoms with E-state index >= 15 is 0 Å². The minimum Gasteiger partial charge on any atom is -0.355 e. The third kappa shape index (κ3) is 4.75. The molecule has 1 aliphatic heterocycles. The summed E-state index contributed by atoms with van der Waals surface area (Å²) in [4.78, 5) is 18.1. The van der Waals surface area contributed by atoms with Crippen LogP contribution in [0.3, 0.4) is 0 Å². The van der Waals surface area contributed by atoms with Crippen molar-refractivity contribution in [2.24, 2.45) is 5.92 Å². The molecule has 0 aromatic carbocycles. The number of piperidine rings is 1. The standard InChI is InChI=1S/C25H27ClN10/c1-4-17-15-36(22-6-5-19(12-27)32-33-22)10-8-21(17)34(3)24-20(26)13-28-25(31-24)30-18-7-9-35-14-16(2)29-23(35)11-18/h5-7,9,11,13-14,17,21H,4,8,10,15H2,1-3H3,(H,28,30,31). The van der Waals surface area contributed by atoms with E-state index in [1.54, 1.807) is 12.3 Å². The van der Waals surface area contributed by atoms with Crippen LogP contribution >= 0.6 is 11.6 Å². The fourth-order valence-corrected chi connectivity index (χ4v) is 5.06. The molecular formula is C25H27ClN10. The van der Waals surface area contributed by atoms with Crippen molar-refractivity contribution in [3.63, 3.8) is 0 Å². The number of hydrogen-bond donors (Lipinski definition) is 1. The van der Waals surface area contributed by atoms with Crippen LogP contribution in [-0.4, -0.2) is 55.7 Å². The molecule has 2 unspecified atom stereocenters. The Labute approximate surface area is 214 Å². The van der Waals surface area contributed by atoms with Crippen LogP contribution in [0.5, 0.6) is 0 Å². The topological polar surface area (TPSA) is 111 Å². The van der Waals surface area contributed by atoms with Gasteiger partial charge in [0.05, 0.1) is 11.9 Å². The molecule has 5 rings (SSSR count). The summed E-state index contributed by atoms with van der Waals surface area (Å²) in [6.07, 6.45) is 7.48. The van der Waals surface area contributed by atoms with E-state index in [1.807, 2.05) is 55.0 Å². The SMILES string of the molecule is CCC1CN(c2ccc(C#N)nn2)CCC1N(C)c1nc(Nc2ccn3cc(C)nc3c2)ncc1Cl. The molecule has 1 fully saturated rings. The predicted molar refractivity (Wildman–Crippen MR) is 140 cm³/mol. The van der Waals surface area contributed by atoms with Gasteiger partial charge in [0.2, 0.25) is 5.95 Å². The average molecular weight is 503 g/mol. The van der Waals surface area contributed by atoms with Gasteiger partial charge in [0, 0.05) is 50.3 Å². The quantitative estimate of drug-likeness (QED) is 0.414. The molecule has 1 aliphatic rings. The van der Waals surface area contributed by atoms with Gasteiger partial charge in [0.1, 0.15) is 16.7 Å². The fraction of sp³-hybridized carbons (Fsp3) is 0.360. The van der Waals surface area contributed by atoms with Gasteiger partial charge in [0.15, 0.2) is 17.3 Å². The van der Waals surface area contributed by atoms with Crippen LogP contribution in [0.4, 0.5) is 23.3 Å². The minimum absolute atomic E-state index is 0.252. The Morgan fingerprint density at radius 1 is 1.25 bits per heavy atom. The minimum atomic E-state index is 0.252. The number of aromatic nitrogens is 6. The fourth-order valence-electron chi connectivity index (χ4n) is 4.83. The first-order valence-electron chi connectivity index (χ1n) is 11.9. The van der Waals surface area contributed by atoms with Crippen molar-refractivity contribution < 1.29 is 0 Å². The Morgan fingerprint density at radius 2 is 2.11 bits per heavy atom. The number of halogens is 1. The molecule has 0 amide bonds. The molecule has 5 heterocycles. The van der Waals surface area contributed by atoms with Crippen molar-refractivity contribution in [2.75, 3.05) is 35.3 Å². The van der Waals surface area contributed by atoms with Gasteiger partial charge in [-0.15, -0.1) is 10.2 Å². The first-order valence-corrected chi connectivity index (χ1v) is 12.3. The van der Waals surface area contributed by atoms with Gasteiger partial charge in [-0.3, -0.25) is 0 Å². The lowest BCUT2D eigenvalue weighted by atomic mass is 9.89. The number of anilines is 4. The van der Waals surface area contributed by atoms with Crippen molar-refractivity contribution >= 4 is 40.5 Å². The number of nitrogens with zero attached hydrogens (tertiary/aromatic N) is 9.